The molecule has 186 valence electrons. The Kier molecular flexibility index (Phi) is 7.10. The van der Waals surface area contributed by atoms with Crippen LogP contribution >= 0.6 is 0 Å². The maximum atomic E-state index is 13.1. The molecule has 0 amide bonds. The van der Waals surface area contributed by atoms with Crippen molar-refractivity contribution >= 4 is 16.0 Å². The number of esters is 1. The van der Waals surface area contributed by atoms with E-state index >= 15 is 0 Å². The van der Waals surface area contributed by atoms with E-state index in [0.717, 1.165) is 16.7 Å². The minimum absolute atomic E-state index is 0.0511. The van der Waals surface area contributed by atoms with Crippen molar-refractivity contribution in [2.24, 2.45) is 5.92 Å². The highest BCUT2D eigenvalue weighted by atomic mass is 32.2. The van der Waals surface area contributed by atoms with Gasteiger partial charge in [0.2, 0.25) is 15.8 Å². The molecule has 0 saturated carbocycles. The highest BCUT2D eigenvalue weighted by Crippen LogP contribution is 2.28. The lowest BCUT2D eigenvalue weighted by Crippen LogP contribution is -2.40. The van der Waals surface area contributed by atoms with E-state index in [1.165, 1.54) is 4.31 Å². The zero-order valence-corrected chi connectivity index (χ0v) is 21.3. The summed E-state index contributed by atoms with van der Waals surface area (Å²) in [6, 6.07) is 14.7. The van der Waals surface area contributed by atoms with Crippen LogP contribution < -0.4 is 0 Å². The van der Waals surface area contributed by atoms with Gasteiger partial charge in [-0.05, 0) is 42.9 Å². The van der Waals surface area contributed by atoms with Crippen LogP contribution in [0.5, 0.6) is 0 Å². The van der Waals surface area contributed by atoms with E-state index in [9.17, 15) is 13.2 Å². The summed E-state index contributed by atoms with van der Waals surface area (Å²) < 4.78 is 38.1. The largest absolute Gasteiger partial charge is 0.455 e. The fourth-order valence-corrected chi connectivity index (χ4v) is 5.46. The molecule has 1 aliphatic rings. The number of carbonyl (C=O) groups excluding carboxylic acids is 1. The monoisotopic (exact) mass is 497 g/mol. The first kappa shape index (κ1) is 25.1. The predicted octanol–water partition coefficient (Wildman–Crippen LogP) is 4.49. The second-order valence-corrected chi connectivity index (χ2v) is 11.9. The standard InChI is InChI=1S/C26H31N3O5S/c1-18-5-7-19(8-6-18)24-27-23(34-28-24)17-33-25(30)20-13-15-29(16-14-20)35(31,32)22-11-9-21(10-12-22)26(2,3)4/h5-12,20H,13-17H2,1-4H3. The van der Waals surface area contributed by atoms with Gasteiger partial charge in [-0.15, -0.1) is 0 Å². The number of rotatable bonds is 6. The van der Waals surface area contributed by atoms with Gasteiger partial charge in [-0.1, -0.05) is 67.9 Å². The van der Waals surface area contributed by atoms with Crippen LogP contribution in [-0.2, 0) is 31.6 Å². The average Bonchev–Trinajstić information content (AvgIpc) is 3.31. The van der Waals surface area contributed by atoms with Crippen LogP contribution in [0.2, 0.25) is 0 Å². The average molecular weight is 498 g/mol. The van der Waals surface area contributed by atoms with Crippen LogP contribution in [-0.4, -0.2) is 41.9 Å². The van der Waals surface area contributed by atoms with E-state index in [2.05, 4.69) is 30.9 Å². The van der Waals surface area contributed by atoms with Gasteiger partial charge in [0.25, 0.3) is 5.89 Å². The van der Waals surface area contributed by atoms with Gasteiger partial charge < -0.3 is 9.26 Å². The molecule has 3 aromatic rings. The maximum absolute atomic E-state index is 13.1. The number of benzene rings is 2. The van der Waals surface area contributed by atoms with Gasteiger partial charge in [-0.25, -0.2) is 8.42 Å². The van der Waals surface area contributed by atoms with E-state index in [1.54, 1.807) is 12.1 Å². The van der Waals surface area contributed by atoms with Crippen molar-refractivity contribution in [3.63, 3.8) is 0 Å². The molecule has 0 radical (unpaired) electrons. The Morgan fingerprint density at radius 3 is 2.29 bits per heavy atom. The molecule has 35 heavy (non-hydrogen) atoms. The van der Waals surface area contributed by atoms with Gasteiger partial charge in [-0.2, -0.15) is 9.29 Å². The third kappa shape index (κ3) is 5.79. The van der Waals surface area contributed by atoms with Crippen LogP contribution in [0, 0.1) is 12.8 Å². The maximum Gasteiger partial charge on any atom is 0.309 e. The predicted molar refractivity (Wildman–Crippen MR) is 131 cm³/mol. The molecule has 0 aliphatic carbocycles. The first-order chi connectivity index (χ1) is 16.5. The Balaban J connectivity index is 1.30. The molecule has 2 aromatic carbocycles. The summed E-state index contributed by atoms with van der Waals surface area (Å²) >= 11 is 0. The summed E-state index contributed by atoms with van der Waals surface area (Å²) in [5.74, 6) is -0.103. The number of carbonyl (C=O) groups is 1. The van der Waals surface area contributed by atoms with Gasteiger partial charge in [-0.3, -0.25) is 4.79 Å². The Morgan fingerprint density at radius 2 is 1.69 bits per heavy atom. The van der Waals surface area contributed by atoms with E-state index in [0.29, 0.717) is 18.7 Å². The Bertz CT molecular complexity index is 1270. The molecule has 1 aliphatic heterocycles. The van der Waals surface area contributed by atoms with E-state index < -0.39 is 10.0 Å². The quantitative estimate of drug-likeness (QED) is 0.462. The number of sulfonamides is 1. The Hall–Kier alpha value is -3.04. The summed E-state index contributed by atoms with van der Waals surface area (Å²) in [6.45, 7) is 8.67. The van der Waals surface area contributed by atoms with Gasteiger partial charge >= 0.3 is 5.97 Å². The summed E-state index contributed by atoms with van der Waals surface area (Å²) in [6.07, 6.45) is 0.799. The minimum Gasteiger partial charge on any atom is -0.455 e. The summed E-state index contributed by atoms with van der Waals surface area (Å²) in [7, 11) is -3.61. The number of piperidine rings is 1. The topological polar surface area (TPSA) is 103 Å². The molecule has 1 aromatic heterocycles. The SMILES string of the molecule is Cc1ccc(-c2noc(COC(=O)C3CCN(S(=O)(=O)c4ccc(C(C)(C)C)cc4)CC3)n2)cc1. The number of ether oxygens (including phenoxy) is 1. The third-order valence-corrected chi connectivity index (χ3v) is 8.17. The number of nitrogens with zero attached hydrogens (tertiary/aromatic N) is 3. The molecule has 0 atom stereocenters. The summed E-state index contributed by atoms with van der Waals surface area (Å²) in [5.41, 5.74) is 2.97. The molecule has 1 saturated heterocycles. The number of hydrogen-bond donors (Lipinski definition) is 0. The van der Waals surface area contributed by atoms with Crippen molar-refractivity contribution < 1.29 is 22.5 Å². The molecule has 0 unspecified atom stereocenters. The lowest BCUT2D eigenvalue weighted by atomic mass is 9.87. The van der Waals surface area contributed by atoms with Crippen LogP contribution in [0.4, 0.5) is 0 Å². The van der Waals surface area contributed by atoms with Crippen LogP contribution in [0.15, 0.2) is 57.9 Å². The number of aromatic nitrogens is 2. The van der Waals surface area contributed by atoms with E-state index in [-0.39, 0.29) is 47.8 Å². The lowest BCUT2D eigenvalue weighted by Gasteiger charge is -2.30. The van der Waals surface area contributed by atoms with Crippen molar-refractivity contribution in [1.82, 2.24) is 14.4 Å². The van der Waals surface area contributed by atoms with Crippen LogP contribution in [0.1, 0.15) is 50.6 Å². The van der Waals surface area contributed by atoms with E-state index in [1.807, 2.05) is 43.3 Å². The molecular weight excluding hydrogens is 466 g/mol. The van der Waals surface area contributed by atoms with Crippen molar-refractivity contribution in [2.45, 2.75) is 57.5 Å². The van der Waals surface area contributed by atoms with E-state index in [4.69, 9.17) is 9.26 Å². The molecule has 9 heteroatoms. The highest BCUT2D eigenvalue weighted by molar-refractivity contribution is 7.89. The fraction of sp³-hybridized carbons (Fsp3) is 0.423. The summed E-state index contributed by atoms with van der Waals surface area (Å²) in [4.78, 5) is 17.1. The first-order valence-corrected chi connectivity index (χ1v) is 13.1. The van der Waals surface area contributed by atoms with Gasteiger partial charge in [0.05, 0.1) is 10.8 Å². The normalized spacial score (nSPS) is 15.8. The highest BCUT2D eigenvalue weighted by Gasteiger charge is 2.33. The number of hydrogen-bond acceptors (Lipinski definition) is 7. The Morgan fingerprint density at radius 1 is 1.06 bits per heavy atom. The molecular formula is C26H31N3O5S. The van der Waals surface area contributed by atoms with Gasteiger partial charge in [0.15, 0.2) is 6.61 Å². The van der Waals surface area contributed by atoms with Crippen molar-refractivity contribution in [3.8, 4) is 11.4 Å². The molecule has 0 spiro atoms. The zero-order valence-electron chi connectivity index (χ0n) is 20.5. The lowest BCUT2D eigenvalue weighted by molar-refractivity contribution is -0.152. The zero-order chi connectivity index (χ0) is 25.2. The summed E-state index contributed by atoms with van der Waals surface area (Å²) in [5, 5.41) is 3.94. The molecule has 2 heterocycles. The molecule has 8 nitrogen and oxygen atoms in total. The van der Waals surface area contributed by atoms with Crippen molar-refractivity contribution in [2.75, 3.05) is 13.1 Å². The van der Waals surface area contributed by atoms with Crippen molar-refractivity contribution in [3.05, 3.63) is 65.5 Å². The molecule has 0 N–H and O–H groups in total. The smallest absolute Gasteiger partial charge is 0.309 e. The molecule has 4 rings (SSSR count). The van der Waals surface area contributed by atoms with Crippen LogP contribution in [0.3, 0.4) is 0 Å². The molecule has 0 bridgehead atoms. The second kappa shape index (κ2) is 9.91. The number of aryl methyl sites for hydroxylation is 1. The first-order valence-electron chi connectivity index (χ1n) is 11.7. The molecule has 1 fully saturated rings. The second-order valence-electron chi connectivity index (χ2n) is 9.94. The third-order valence-electron chi connectivity index (χ3n) is 6.26. The van der Waals surface area contributed by atoms with Crippen LogP contribution in [0.25, 0.3) is 11.4 Å². The Labute approximate surface area is 206 Å². The van der Waals surface area contributed by atoms with Crippen molar-refractivity contribution in [1.29, 1.82) is 0 Å². The van der Waals surface area contributed by atoms with Gasteiger partial charge in [0.1, 0.15) is 0 Å². The fourth-order valence-electron chi connectivity index (χ4n) is 3.99. The van der Waals surface area contributed by atoms with Gasteiger partial charge in [0, 0.05) is 18.7 Å². The minimum atomic E-state index is -3.61.